The summed E-state index contributed by atoms with van der Waals surface area (Å²) in [5.41, 5.74) is -0.505. The van der Waals surface area contributed by atoms with Crippen molar-refractivity contribution in [3.8, 4) is 23.3 Å². The Morgan fingerprint density at radius 3 is 2.56 bits per heavy atom. The molecule has 204 valence electrons. The molecule has 0 aliphatic heterocycles. The van der Waals surface area contributed by atoms with Crippen molar-refractivity contribution in [2.24, 2.45) is 0 Å². The Balaban J connectivity index is 1.75. The minimum absolute atomic E-state index is 0.0700. The van der Waals surface area contributed by atoms with Gasteiger partial charge in [-0.1, -0.05) is 32.3 Å². The van der Waals surface area contributed by atoms with Crippen molar-refractivity contribution in [2.45, 2.75) is 52.5 Å². The third-order valence-corrected chi connectivity index (χ3v) is 5.68. The van der Waals surface area contributed by atoms with E-state index in [0.29, 0.717) is 29.1 Å². The van der Waals surface area contributed by atoms with Crippen molar-refractivity contribution in [3.05, 3.63) is 69.6 Å². The molecule has 1 heterocycles. The highest BCUT2D eigenvalue weighted by molar-refractivity contribution is 6.00. The highest BCUT2D eigenvalue weighted by Crippen LogP contribution is 2.29. The van der Waals surface area contributed by atoms with Gasteiger partial charge >= 0.3 is 11.6 Å². The van der Waals surface area contributed by atoms with Gasteiger partial charge in [0.25, 0.3) is 5.91 Å². The summed E-state index contributed by atoms with van der Waals surface area (Å²) in [5, 5.41) is 12.7. The second-order valence-electron chi connectivity index (χ2n) is 9.15. The lowest BCUT2D eigenvalue weighted by Gasteiger charge is -2.11. The van der Waals surface area contributed by atoms with Gasteiger partial charge in [-0.05, 0) is 62.2 Å². The molecule has 0 bridgehead atoms. The number of amides is 1. The maximum atomic E-state index is 12.7. The van der Waals surface area contributed by atoms with Gasteiger partial charge in [-0.3, -0.25) is 4.79 Å². The number of nitrogens with one attached hydrogen (secondary N) is 1. The molecule has 0 unspecified atom stereocenters. The van der Waals surface area contributed by atoms with E-state index in [0.717, 1.165) is 25.7 Å². The van der Waals surface area contributed by atoms with Crippen molar-refractivity contribution in [1.82, 2.24) is 5.32 Å². The fourth-order valence-electron chi connectivity index (χ4n) is 3.72. The molecule has 9 nitrogen and oxygen atoms in total. The van der Waals surface area contributed by atoms with Crippen LogP contribution in [0.1, 0.15) is 62.4 Å². The Morgan fingerprint density at radius 1 is 1.08 bits per heavy atom. The van der Waals surface area contributed by atoms with Crippen LogP contribution in [0, 0.1) is 11.3 Å². The number of unbranched alkanes of at least 4 members (excludes halogenated alkanes) is 3. The molecule has 0 aliphatic rings. The van der Waals surface area contributed by atoms with Gasteiger partial charge in [0.15, 0.2) is 11.5 Å². The molecule has 0 saturated heterocycles. The number of hydrogen-bond acceptors (Lipinski definition) is 8. The van der Waals surface area contributed by atoms with Gasteiger partial charge in [-0.15, -0.1) is 0 Å². The largest absolute Gasteiger partial charge is 0.493 e. The Bertz CT molecular complexity index is 1460. The number of benzene rings is 2. The molecular weight excluding hydrogens is 500 g/mol. The summed E-state index contributed by atoms with van der Waals surface area (Å²) < 4.78 is 21.9. The number of rotatable bonds is 12. The fraction of sp³-hybridized carbons (Fsp3) is 0.333. The SMILES string of the molecule is CCCCCCOc1ccc(/C=C(\C#N)C(=O)Oc2ccc3cc(C(=O)NC(C)C)c(=O)oc3c2)cc1OC. The van der Waals surface area contributed by atoms with E-state index in [1.54, 1.807) is 38.1 Å². The Hall–Kier alpha value is -4.58. The zero-order valence-electron chi connectivity index (χ0n) is 22.5. The first-order chi connectivity index (χ1) is 18.7. The maximum absolute atomic E-state index is 12.7. The minimum atomic E-state index is -0.887. The molecule has 2 aromatic carbocycles. The fourth-order valence-corrected chi connectivity index (χ4v) is 3.72. The maximum Gasteiger partial charge on any atom is 0.354 e. The van der Waals surface area contributed by atoms with Crippen molar-refractivity contribution in [3.63, 3.8) is 0 Å². The molecule has 1 aromatic heterocycles. The average molecular weight is 533 g/mol. The Morgan fingerprint density at radius 2 is 1.87 bits per heavy atom. The number of methoxy groups -OCH3 is 1. The zero-order chi connectivity index (χ0) is 28.4. The van der Waals surface area contributed by atoms with Crippen LogP contribution in [0.25, 0.3) is 17.0 Å². The van der Waals surface area contributed by atoms with Gasteiger partial charge in [0.1, 0.15) is 28.5 Å². The Kier molecular flexibility index (Phi) is 10.3. The highest BCUT2D eigenvalue weighted by atomic mass is 16.5. The number of esters is 1. The van der Waals surface area contributed by atoms with Crippen molar-refractivity contribution < 1.29 is 28.2 Å². The molecule has 1 N–H and O–H groups in total. The number of nitriles is 1. The van der Waals surface area contributed by atoms with Crippen LogP contribution in [0.4, 0.5) is 0 Å². The normalized spacial score (nSPS) is 11.2. The first kappa shape index (κ1) is 29.0. The minimum Gasteiger partial charge on any atom is -0.493 e. The van der Waals surface area contributed by atoms with Crippen LogP contribution in [0.3, 0.4) is 0 Å². The van der Waals surface area contributed by atoms with E-state index in [2.05, 4.69) is 12.2 Å². The van der Waals surface area contributed by atoms with E-state index < -0.39 is 17.5 Å². The summed E-state index contributed by atoms with van der Waals surface area (Å²) in [6.45, 7) is 6.28. The van der Waals surface area contributed by atoms with Crippen LogP contribution >= 0.6 is 0 Å². The van der Waals surface area contributed by atoms with Crippen molar-refractivity contribution in [2.75, 3.05) is 13.7 Å². The van der Waals surface area contributed by atoms with Gasteiger partial charge in [-0.2, -0.15) is 5.26 Å². The summed E-state index contributed by atoms with van der Waals surface area (Å²) in [7, 11) is 1.52. The van der Waals surface area contributed by atoms with E-state index >= 15 is 0 Å². The van der Waals surface area contributed by atoms with Crippen LogP contribution in [-0.2, 0) is 4.79 Å². The molecule has 0 fully saturated rings. The quantitative estimate of drug-likeness (QED) is 0.0819. The summed E-state index contributed by atoms with van der Waals surface area (Å²) in [4.78, 5) is 37.3. The highest BCUT2D eigenvalue weighted by Gasteiger charge is 2.17. The molecule has 1 amide bonds. The van der Waals surface area contributed by atoms with Crippen molar-refractivity contribution >= 4 is 28.9 Å². The van der Waals surface area contributed by atoms with E-state index in [9.17, 15) is 19.6 Å². The number of nitrogens with zero attached hydrogens (tertiary/aromatic N) is 1. The molecule has 9 heteroatoms. The predicted octanol–water partition coefficient (Wildman–Crippen LogP) is 5.41. The summed E-state index contributed by atoms with van der Waals surface area (Å²) in [5.74, 6) is -0.295. The molecular formula is C30H32N2O7. The molecule has 0 spiro atoms. The van der Waals surface area contributed by atoms with Gasteiger partial charge in [-0.25, -0.2) is 9.59 Å². The standard InChI is InChI=1S/C30H32N2O7/c1-5-6-7-8-13-37-25-12-9-20(15-27(25)36-4)14-22(18-31)29(34)38-23-11-10-21-16-24(28(33)32-19(2)3)30(35)39-26(21)17-23/h9-12,14-17,19H,5-8,13H2,1-4H3,(H,32,33)/b22-14+. The van der Waals surface area contributed by atoms with Gasteiger partial charge in [0, 0.05) is 17.5 Å². The summed E-state index contributed by atoms with van der Waals surface area (Å²) >= 11 is 0. The topological polar surface area (TPSA) is 128 Å². The third kappa shape index (κ3) is 7.95. The first-order valence-electron chi connectivity index (χ1n) is 12.8. The lowest BCUT2D eigenvalue weighted by Crippen LogP contribution is -2.33. The first-order valence-corrected chi connectivity index (χ1v) is 12.8. The number of ether oxygens (including phenoxy) is 3. The second kappa shape index (κ2) is 13.8. The van der Waals surface area contributed by atoms with Crippen LogP contribution < -0.4 is 25.2 Å². The number of carbonyl (C=O) groups is 2. The zero-order valence-corrected chi connectivity index (χ0v) is 22.5. The number of carbonyl (C=O) groups excluding carboxylic acids is 2. The van der Waals surface area contributed by atoms with Crippen LogP contribution in [0.5, 0.6) is 17.2 Å². The average Bonchev–Trinajstić information content (AvgIpc) is 2.91. The third-order valence-electron chi connectivity index (χ3n) is 5.68. The Labute approximate surface area is 227 Å². The molecule has 0 atom stereocenters. The summed E-state index contributed by atoms with van der Waals surface area (Å²) in [6, 6.07) is 12.6. The van der Waals surface area contributed by atoms with Crippen LogP contribution in [-0.4, -0.2) is 31.6 Å². The molecule has 0 saturated carbocycles. The second-order valence-corrected chi connectivity index (χ2v) is 9.15. The van der Waals surface area contributed by atoms with Crippen LogP contribution in [0.15, 0.2) is 57.2 Å². The number of hydrogen-bond donors (Lipinski definition) is 1. The monoisotopic (exact) mass is 532 g/mol. The molecule has 3 aromatic rings. The van der Waals surface area contributed by atoms with Gasteiger partial charge < -0.3 is 23.9 Å². The molecule has 0 aliphatic carbocycles. The molecule has 39 heavy (non-hydrogen) atoms. The van der Waals surface area contributed by atoms with E-state index in [4.69, 9.17) is 18.6 Å². The van der Waals surface area contributed by atoms with Crippen LogP contribution in [0.2, 0.25) is 0 Å². The lowest BCUT2D eigenvalue weighted by atomic mass is 10.1. The van der Waals surface area contributed by atoms with Gasteiger partial charge in [0.2, 0.25) is 0 Å². The number of fused-ring (bicyclic) bond motifs is 1. The smallest absolute Gasteiger partial charge is 0.354 e. The predicted molar refractivity (Wildman–Crippen MR) is 147 cm³/mol. The van der Waals surface area contributed by atoms with E-state index in [1.165, 1.54) is 31.4 Å². The van der Waals surface area contributed by atoms with E-state index in [1.807, 2.05) is 6.07 Å². The lowest BCUT2D eigenvalue weighted by molar-refractivity contribution is -0.129. The molecule has 0 radical (unpaired) electrons. The summed E-state index contributed by atoms with van der Waals surface area (Å²) in [6.07, 6.45) is 5.72. The van der Waals surface area contributed by atoms with Crippen molar-refractivity contribution in [1.29, 1.82) is 5.26 Å². The molecule has 3 rings (SSSR count). The van der Waals surface area contributed by atoms with Gasteiger partial charge in [0.05, 0.1) is 13.7 Å². The van der Waals surface area contributed by atoms with E-state index in [-0.39, 0.29) is 28.5 Å².